The summed E-state index contributed by atoms with van der Waals surface area (Å²) in [6.07, 6.45) is 3.27. The number of fused-ring (bicyclic) bond motifs is 4. The maximum atomic E-state index is 13.8. The Morgan fingerprint density at radius 1 is 0.872 bits per heavy atom. The Morgan fingerprint density at radius 3 is 2.41 bits per heavy atom. The van der Waals surface area contributed by atoms with Crippen LogP contribution in [0.2, 0.25) is 0 Å². The lowest BCUT2D eigenvalue weighted by Gasteiger charge is -2.40. The smallest absolute Gasteiger partial charge is 0.352 e. The Kier molecular flexibility index (Phi) is 5.28. The van der Waals surface area contributed by atoms with Crippen LogP contribution in [0.5, 0.6) is 5.75 Å². The van der Waals surface area contributed by atoms with Gasteiger partial charge in [0.2, 0.25) is 0 Å². The predicted octanol–water partition coefficient (Wildman–Crippen LogP) is 4.10. The van der Waals surface area contributed by atoms with Crippen molar-refractivity contribution in [2.24, 2.45) is 0 Å². The van der Waals surface area contributed by atoms with E-state index in [-0.39, 0.29) is 30.3 Å². The lowest BCUT2D eigenvalue weighted by Crippen LogP contribution is -2.40. The number of hydrogen-bond donors (Lipinski definition) is 1. The highest BCUT2D eigenvalue weighted by Gasteiger charge is 2.46. The summed E-state index contributed by atoms with van der Waals surface area (Å²) in [5.41, 5.74) is 1.30. The zero-order chi connectivity index (χ0) is 27.0. The molecule has 0 fully saturated rings. The molecule has 9 heteroatoms. The van der Waals surface area contributed by atoms with Gasteiger partial charge in [-0.2, -0.15) is 0 Å². The molecule has 0 amide bonds. The molecule has 7 rings (SSSR count). The van der Waals surface area contributed by atoms with Gasteiger partial charge in [-0.25, -0.2) is 23.5 Å². The highest BCUT2D eigenvalue weighted by molar-refractivity contribution is 14.1. The van der Waals surface area contributed by atoms with E-state index in [9.17, 15) is 24.3 Å². The topological polar surface area (TPSA) is 103 Å². The third-order valence-corrected chi connectivity index (χ3v) is 8.65. The van der Waals surface area contributed by atoms with E-state index in [1.54, 1.807) is 42.5 Å². The van der Waals surface area contributed by atoms with Crippen molar-refractivity contribution in [3.05, 3.63) is 126 Å². The zero-order valence-electron chi connectivity index (χ0n) is 20.4. The molecule has 1 N–H and O–H groups in total. The van der Waals surface area contributed by atoms with Gasteiger partial charge in [0.25, 0.3) is 0 Å². The monoisotopic (exact) mass is 629 g/mol. The average molecular weight is 629 g/mol. The number of ketones is 2. The van der Waals surface area contributed by atoms with Crippen LogP contribution in [-0.2, 0) is 16.1 Å². The fourth-order valence-electron chi connectivity index (χ4n) is 6.18. The summed E-state index contributed by atoms with van der Waals surface area (Å²) in [7, 11) is 0. The molecule has 3 aromatic carbocycles. The molecule has 0 saturated heterocycles. The molecule has 0 unspecified atom stereocenters. The van der Waals surface area contributed by atoms with Gasteiger partial charge in [-0.15, -0.1) is 0 Å². The summed E-state index contributed by atoms with van der Waals surface area (Å²) in [5, 5.41) is 12.8. The van der Waals surface area contributed by atoms with Crippen LogP contribution >= 0.6 is 22.6 Å². The van der Waals surface area contributed by atoms with E-state index < -0.39 is 23.3 Å². The minimum absolute atomic E-state index is 0.00548. The number of aromatic nitrogens is 3. The number of allylic oxidation sites excluding steroid dienone is 6. The quantitative estimate of drug-likeness (QED) is 0.205. The molecule has 3 aliphatic rings. The van der Waals surface area contributed by atoms with Crippen LogP contribution in [0.1, 0.15) is 23.9 Å². The van der Waals surface area contributed by atoms with Crippen molar-refractivity contribution in [2.45, 2.75) is 24.9 Å². The Hall–Kier alpha value is -4.25. The number of halogens is 1. The number of phenolic OH excluding ortho intramolecular Hbond substituents is 1. The molecule has 2 heterocycles. The van der Waals surface area contributed by atoms with E-state index in [0.717, 1.165) is 15.3 Å². The van der Waals surface area contributed by atoms with E-state index >= 15 is 0 Å². The number of rotatable bonds is 2. The van der Waals surface area contributed by atoms with Crippen molar-refractivity contribution in [3.8, 4) is 11.4 Å². The van der Waals surface area contributed by atoms with E-state index in [0.29, 0.717) is 31.5 Å². The van der Waals surface area contributed by atoms with E-state index in [4.69, 9.17) is 0 Å². The molecular weight excluding hydrogens is 609 g/mol. The Balaban J connectivity index is 1.52. The van der Waals surface area contributed by atoms with Crippen LogP contribution < -0.4 is 11.4 Å². The Bertz CT molecular complexity index is 1970. The third kappa shape index (κ3) is 3.35. The van der Waals surface area contributed by atoms with Gasteiger partial charge in [-0.3, -0.25) is 9.59 Å². The molecule has 8 nitrogen and oxygen atoms in total. The van der Waals surface area contributed by atoms with E-state index in [1.807, 2.05) is 52.9 Å². The summed E-state index contributed by atoms with van der Waals surface area (Å²) in [4.78, 5) is 54.2. The van der Waals surface area contributed by atoms with Gasteiger partial charge in [0.1, 0.15) is 5.75 Å². The maximum absolute atomic E-state index is 13.8. The lowest BCUT2D eigenvalue weighted by molar-refractivity contribution is -0.115. The van der Waals surface area contributed by atoms with Gasteiger partial charge < -0.3 is 5.11 Å². The van der Waals surface area contributed by atoms with Crippen LogP contribution in [0.25, 0.3) is 16.5 Å². The molecule has 0 radical (unpaired) electrons. The first-order chi connectivity index (χ1) is 18.9. The number of phenols is 1. The number of nitrogens with zero attached hydrogens (tertiary/aromatic N) is 3. The van der Waals surface area contributed by atoms with Crippen molar-refractivity contribution in [3.63, 3.8) is 0 Å². The summed E-state index contributed by atoms with van der Waals surface area (Å²) < 4.78 is 4.22. The zero-order valence-corrected chi connectivity index (χ0v) is 22.5. The number of hydrogen-bond acceptors (Lipinski definition) is 5. The SMILES string of the molecule is O=C1C=C(I)C(=O)C2=C1C[C@@H]1C(=CCn3c(=O)n(-c4ccccc4)c(=O)n31)[C@@H]2c1c(O)ccc2ccccc12. The van der Waals surface area contributed by atoms with Crippen LogP contribution in [0.3, 0.4) is 0 Å². The fraction of sp³-hybridized carbons (Fsp3) is 0.133. The highest BCUT2D eigenvalue weighted by atomic mass is 127. The first-order valence-corrected chi connectivity index (χ1v) is 13.5. The molecule has 1 aliphatic heterocycles. The standard InChI is InChI=1S/C30H20IN3O5/c31-21-15-24(36)20-14-22-19(12-13-32-29(38)33(30(39)34(22)32)17-7-2-1-3-8-17)26(27(20)28(21)37)25-18-9-5-4-6-16(18)10-11-23(25)35/h1-12,15,22,26,35H,13-14H2/t22-,26-/m1/s1. The first-order valence-electron chi connectivity index (χ1n) is 12.5. The van der Waals surface area contributed by atoms with Crippen LogP contribution in [0, 0.1) is 0 Å². The molecule has 39 heavy (non-hydrogen) atoms. The van der Waals surface area contributed by atoms with Crippen molar-refractivity contribution in [2.75, 3.05) is 0 Å². The first kappa shape index (κ1) is 23.8. The molecule has 1 aromatic heterocycles. The molecule has 2 aliphatic carbocycles. The van der Waals surface area contributed by atoms with E-state index in [1.165, 1.54) is 15.4 Å². The van der Waals surface area contributed by atoms with Gasteiger partial charge in [0, 0.05) is 35.1 Å². The maximum Gasteiger partial charge on any atom is 0.352 e. The normalized spacial score (nSPS) is 20.3. The largest absolute Gasteiger partial charge is 0.508 e. The van der Waals surface area contributed by atoms with Crippen LogP contribution in [-0.4, -0.2) is 30.6 Å². The second-order valence-corrected chi connectivity index (χ2v) is 11.0. The van der Waals surface area contributed by atoms with Crippen molar-refractivity contribution in [1.82, 2.24) is 13.9 Å². The third-order valence-electron chi connectivity index (χ3n) is 7.85. The van der Waals surface area contributed by atoms with E-state index in [2.05, 4.69) is 0 Å². The molecular formula is C30H20IN3O5. The number of benzene rings is 3. The molecule has 2 atom stereocenters. The minimum atomic E-state index is -0.768. The molecule has 0 spiro atoms. The molecule has 0 saturated carbocycles. The molecule has 0 bridgehead atoms. The van der Waals surface area contributed by atoms with Crippen molar-refractivity contribution in [1.29, 1.82) is 0 Å². The number of Topliss-reactive ketones (excluding diaryl/α,β-unsaturated/α-hetero) is 1. The van der Waals surface area contributed by atoms with Gasteiger partial charge in [-0.05, 0) is 57.1 Å². The van der Waals surface area contributed by atoms with Crippen molar-refractivity contribution < 1.29 is 14.7 Å². The van der Waals surface area contributed by atoms with Gasteiger partial charge >= 0.3 is 11.4 Å². The van der Waals surface area contributed by atoms with Gasteiger partial charge in [0.05, 0.1) is 21.9 Å². The molecule has 192 valence electrons. The van der Waals surface area contributed by atoms with Crippen LogP contribution in [0.15, 0.2) is 109 Å². The molecule has 4 aromatic rings. The predicted molar refractivity (Wildman–Crippen MR) is 154 cm³/mol. The minimum Gasteiger partial charge on any atom is -0.508 e. The van der Waals surface area contributed by atoms with Gasteiger partial charge in [0.15, 0.2) is 11.6 Å². The highest BCUT2D eigenvalue weighted by Crippen LogP contribution is 2.53. The van der Waals surface area contributed by atoms with Gasteiger partial charge in [-0.1, -0.05) is 54.6 Å². The number of para-hydroxylation sites is 1. The summed E-state index contributed by atoms with van der Waals surface area (Å²) >= 11 is 1.88. The summed E-state index contributed by atoms with van der Waals surface area (Å²) in [6, 6.07) is 18.9. The average Bonchev–Trinajstić information content (AvgIpc) is 3.21. The summed E-state index contributed by atoms with van der Waals surface area (Å²) in [5.74, 6) is -1.34. The Morgan fingerprint density at radius 2 is 1.62 bits per heavy atom. The fourth-order valence-corrected chi connectivity index (χ4v) is 6.76. The summed E-state index contributed by atoms with van der Waals surface area (Å²) in [6.45, 7) is 0.111. The Labute approximate surface area is 234 Å². The number of carbonyl (C=O) groups is 2. The van der Waals surface area contributed by atoms with Crippen molar-refractivity contribution >= 4 is 44.9 Å². The van der Waals surface area contributed by atoms with Crippen LogP contribution in [0.4, 0.5) is 0 Å². The number of aromatic hydroxyl groups is 1. The second-order valence-electron chi connectivity index (χ2n) is 9.82. The number of carbonyl (C=O) groups excluding carboxylic acids is 2. The second kappa shape index (κ2) is 8.63. The lowest BCUT2D eigenvalue weighted by atomic mass is 9.68.